The Hall–Kier alpha value is -0.890. The first kappa shape index (κ1) is 15.2. The summed E-state index contributed by atoms with van der Waals surface area (Å²) in [5, 5.41) is 3.18. The Morgan fingerprint density at radius 1 is 1.39 bits per heavy atom. The molecule has 18 heavy (non-hydrogen) atoms. The number of halogens is 2. The maximum absolute atomic E-state index is 13.3. The number of hydrogen-bond acceptors (Lipinski definition) is 2. The average molecular weight is 314 g/mol. The van der Waals surface area contributed by atoms with E-state index in [1.807, 2.05) is 0 Å². The summed E-state index contributed by atoms with van der Waals surface area (Å²) < 4.78 is 19.5. The first-order valence-corrected chi connectivity index (χ1v) is 6.59. The van der Waals surface area contributed by atoms with Crippen LogP contribution in [0.5, 0.6) is 0 Å². The molecule has 0 aromatic heterocycles. The van der Waals surface area contributed by atoms with E-state index in [1.165, 1.54) is 6.07 Å². The smallest absolute Gasteiger partial charge is 0.128 e. The van der Waals surface area contributed by atoms with Crippen molar-refractivity contribution in [3.8, 4) is 11.8 Å². The van der Waals surface area contributed by atoms with Gasteiger partial charge in [0, 0.05) is 16.1 Å². The molecule has 0 aliphatic carbocycles. The summed E-state index contributed by atoms with van der Waals surface area (Å²) in [6.45, 7) is 5.32. The summed E-state index contributed by atoms with van der Waals surface area (Å²) in [6, 6.07) is 5.22. The lowest BCUT2D eigenvalue weighted by atomic mass is 10.2. The average Bonchev–Trinajstić information content (AvgIpc) is 2.32. The predicted octanol–water partition coefficient (Wildman–Crippen LogP) is 3.11. The van der Waals surface area contributed by atoms with Gasteiger partial charge in [-0.05, 0) is 32.0 Å². The van der Waals surface area contributed by atoms with Crippen LogP contribution in [0, 0.1) is 17.7 Å². The fourth-order valence-corrected chi connectivity index (χ4v) is 1.64. The Kier molecular flexibility index (Phi) is 6.96. The molecule has 1 N–H and O–H groups in total. The van der Waals surface area contributed by atoms with Crippen molar-refractivity contribution in [2.75, 3.05) is 13.2 Å². The van der Waals surface area contributed by atoms with Crippen molar-refractivity contribution in [3.05, 3.63) is 34.1 Å². The maximum Gasteiger partial charge on any atom is 0.128 e. The predicted molar refractivity (Wildman–Crippen MR) is 74.7 cm³/mol. The summed E-state index contributed by atoms with van der Waals surface area (Å²) in [5.74, 6) is 5.56. The second kappa shape index (κ2) is 8.25. The molecule has 4 heteroatoms. The third-order valence-corrected chi connectivity index (χ3v) is 2.66. The van der Waals surface area contributed by atoms with Gasteiger partial charge in [-0.25, -0.2) is 4.39 Å². The minimum Gasteiger partial charge on any atom is -0.364 e. The lowest BCUT2D eigenvalue weighted by Gasteiger charge is -2.03. The van der Waals surface area contributed by atoms with E-state index in [2.05, 4.69) is 46.9 Å². The number of hydrogen-bond donors (Lipinski definition) is 1. The van der Waals surface area contributed by atoms with Crippen molar-refractivity contribution < 1.29 is 9.13 Å². The molecular formula is C14H17BrFNO. The van der Waals surface area contributed by atoms with Crippen molar-refractivity contribution in [1.29, 1.82) is 0 Å². The first-order chi connectivity index (χ1) is 8.59. The number of ether oxygens (including phenoxy) is 1. The summed E-state index contributed by atoms with van der Waals surface area (Å²) in [5.41, 5.74) is 0.534. The zero-order valence-corrected chi connectivity index (χ0v) is 12.2. The topological polar surface area (TPSA) is 21.3 Å². The van der Waals surface area contributed by atoms with Gasteiger partial charge in [0.2, 0.25) is 0 Å². The molecule has 1 rings (SSSR count). The van der Waals surface area contributed by atoms with E-state index in [0.29, 0.717) is 24.8 Å². The molecule has 0 bridgehead atoms. The third-order valence-electron chi connectivity index (χ3n) is 2.16. The van der Waals surface area contributed by atoms with Crippen LogP contribution in [0.3, 0.4) is 0 Å². The minimum atomic E-state index is -0.257. The van der Waals surface area contributed by atoms with Crippen LogP contribution in [-0.2, 0) is 11.3 Å². The Balaban J connectivity index is 2.27. The summed E-state index contributed by atoms with van der Waals surface area (Å²) in [7, 11) is 0. The zero-order chi connectivity index (χ0) is 13.4. The fraction of sp³-hybridized carbons (Fsp3) is 0.429. The van der Waals surface area contributed by atoms with E-state index in [0.717, 1.165) is 4.47 Å². The lowest BCUT2D eigenvalue weighted by molar-refractivity contribution is 0.150. The molecule has 0 fully saturated rings. The monoisotopic (exact) mass is 313 g/mol. The van der Waals surface area contributed by atoms with E-state index in [4.69, 9.17) is 4.74 Å². The van der Waals surface area contributed by atoms with Crippen LogP contribution in [0.25, 0.3) is 0 Å². The van der Waals surface area contributed by atoms with Crippen molar-refractivity contribution in [2.24, 2.45) is 0 Å². The molecule has 0 atom stereocenters. The van der Waals surface area contributed by atoms with Gasteiger partial charge in [-0.15, -0.1) is 0 Å². The zero-order valence-electron chi connectivity index (χ0n) is 10.6. The molecule has 0 saturated carbocycles. The lowest BCUT2D eigenvalue weighted by Crippen LogP contribution is -2.22. The molecule has 0 spiro atoms. The maximum atomic E-state index is 13.3. The van der Waals surface area contributed by atoms with Crippen LogP contribution < -0.4 is 5.32 Å². The molecule has 0 unspecified atom stereocenters. The highest BCUT2D eigenvalue weighted by Crippen LogP contribution is 2.16. The highest BCUT2D eigenvalue weighted by molar-refractivity contribution is 9.10. The molecule has 0 aliphatic rings. The first-order valence-electron chi connectivity index (χ1n) is 5.80. The van der Waals surface area contributed by atoms with Crippen molar-refractivity contribution in [2.45, 2.75) is 26.5 Å². The molecule has 0 radical (unpaired) electrons. The molecule has 0 aliphatic heterocycles. The quantitative estimate of drug-likeness (QED) is 0.666. The van der Waals surface area contributed by atoms with E-state index < -0.39 is 0 Å². The van der Waals surface area contributed by atoms with Gasteiger partial charge in [-0.1, -0.05) is 27.8 Å². The third kappa shape index (κ3) is 6.15. The largest absolute Gasteiger partial charge is 0.364 e. The number of benzene rings is 1. The molecule has 2 nitrogen and oxygen atoms in total. The Labute approximate surface area is 116 Å². The second-order valence-corrected chi connectivity index (χ2v) is 5.03. The van der Waals surface area contributed by atoms with Gasteiger partial charge in [-0.2, -0.15) is 0 Å². The molecule has 1 aromatic carbocycles. The molecule has 0 heterocycles. The minimum absolute atomic E-state index is 0.234. The molecule has 1 aromatic rings. The van der Waals surface area contributed by atoms with E-state index in [-0.39, 0.29) is 12.4 Å². The molecule has 0 saturated heterocycles. The Bertz CT molecular complexity index is 437. The summed E-state index contributed by atoms with van der Waals surface area (Å²) in [6.07, 6.45) is 0. The highest BCUT2D eigenvalue weighted by atomic mass is 79.9. The number of rotatable bonds is 5. The summed E-state index contributed by atoms with van der Waals surface area (Å²) in [4.78, 5) is 0. The molecule has 0 amide bonds. The normalized spacial score (nSPS) is 10.3. The van der Waals surface area contributed by atoms with Crippen LogP contribution in [0.1, 0.15) is 19.4 Å². The Morgan fingerprint density at radius 3 is 2.89 bits per heavy atom. The SMILES string of the molecule is CC(C)NCC#CCOCc1cc(Br)ccc1F. The van der Waals surface area contributed by atoms with Crippen LogP contribution >= 0.6 is 15.9 Å². The van der Waals surface area contributed by atoms with Crippen LogP contribution in [0.2, 0.25) is 0 Å². The van der Waals surface area contributed by atoms with Gasteiger partial charge in [0.15, 0.2) is 0 Å². The van der Waals surface area contributed by atoms with Gasteiger partial charge in [0.25, 0.3) is 0 Å². The van der Waals surface area contributed by atoms with Gasteiger partial charge >= 0.3 is 0 Å². The molecular weight excluding hydrogens is 297 g/mol. The van der Waals surface area contributed by atoms with E-state index in [9.17, 15) is 4.39 Å². The highest BCUT2D eigenvalue weighted by Gasteiger charge is 2.01. The van der Waals surface area contributed by atoms with Crippen LogP contribution in [-0.4, -0.2) is 19.2 Å². The second-order valence-electron chi connectivity index (χ2n) is 4.12. The number of nitrogens with one attached hydrogen (secondary N) is 1. The Morgan fingerprint density at radius 2 is 2.17 bits per heavy atom. The van der Waals surface area contributed by atoms with Gasteiger partial charge < -0.3 is 10.1 Å². The van der Waals surface area contributed by atoms with Crippen molar-refractivity contribution >= 4 is 15.9 Å². The summed E-state index contributed by atoms with van der Waals surface area (Å²) >= 11 is 3.29. The van der Waals surface area contributed by atoms with Crippen LogP contribution in [0.4, 0.5) is 4.39 Å². The van der Waals surface area contributed by atoms with Crippen molar-refractivity contribution in [1.82, 2.24) is 5.32 Å². The van der Waals surface area contributed by atoms with E-state index >= 15 is 0 Å². The molecule has 98 valence electrons. The van der Waals surface area contributed by atoms with Gasteiger partial charge in [-0.3, -0.25) is 0 Å². The van der Waals surface area contributed by atoms with Crippen LogP contribution in [0.15, 0.2) is 22.7 Å². The fourth-order valence-electron chi connectivity index (χ4n) is 1.23. The van der Waals surface area contributed by atoms with Gasteiger partial charge in [0.1, 0.15) is 12.4 Å². The standard InChI is InChI=1S/C14H17BrFNO/c1-11(2)17-7-3-4-8-18-10-12-9-13(15)5-6-14(12)16/h5-6,9,11,17H,7-8,10H2,1-2H3. The van der Waals surface area contributed by atoms with Gasteiger partial charge in [0.05, 0.1) is 13.2 Å². The van der Waals surface area contributed by atoms with E-state index in [1.54, 1.807) is 12.1 Å². The van der Waals surface area contributed by atoms with Crippen molar-refractivity contribution in [3.63, 3.8) is 0 Å².